The van der Waals surface area contributed by atoms with E-state index in [0.717, 1.165) is 16.8 Å². The molecule has 0 amide bonds. The number of aromatic amines is 1. The molecule has 0 atom stereocenters. The molecule has 1 N–H and O–H groups in total. The van der Waals surface area contributed by atoms with Gasteiger partial charge >= 0.3 is 5.97 Å². The maximum Gasteiger partial charge on any atom is 0.330 e. The van der Waals surface area contributed by atoms with E-state index in [2.05, 4.69) is 4.98 Å². The van der Waals surface area contributed by atoms with Gasteiger partial charge in [-0.05, 0) is 30.2 Å². The summed E-state index contributed by atoms with van der Waals surface area (Å²) in [6.07, 6.45) is 5.03. The van der Waals surface area contributed by atoms with Gasteiger partial charge in [-0.25, -0.2) is 4.79 Å². The molecule has 0 saturated heterocycles. The molecule has 0 fully saturated rings. The van der Waals surface area contributed by atoms with E-state index in [4.69, 9.17) is 4.74 Å². The molecule has 18 heavy (non-hydrogen) atoms. The van der Waals surface area contributed by atoms with Gasteiger partial charge in [-0.15, -0.1) is 0 Å². The minimum absolute atomic E-state index is 0.319. The molecule has 0 saturated carbocycles. The lowest BCUT2D eigenvalue weighted by atomic mass is 10.1. The lowest BCUT2D eigenvalue weighted by molar-refractivity contribution is -0.137. The number of carbonyl (C=O) groups excluding carboxylic acids is 1. The van der Waals surface area contributed by atoms with E-state index < -0.39 is 0 Å². The summed E-state index contributed by atoms with van der Waals surface area (Å²) in [7, 11) is 0. The van der Waals surface area contributed by atoms with Crippen LogP contribution in [0.5, 0.6) is 0 Å². The second-order valence-electron chi connectivity index (χ2n) is 3.80. The highest BCUT2D eigenvalue weighted by molar-refractivity contribution is 5.87. The molecule has 0 spiro atoms. The second-order valence-corrected chi connectivity index (χ2v) is 3.80. The van der Waals surface area contributed by atoms with Gasteiger partial charge in [0.1, 0.15) is 0 Å². The Morgan fingerprint density at radius 1 is 1.33 bits per heavy atom. The summed E-state index contributed by atoms with van der Waals surface area (Å²) >= 11 is 0. The smallest absolute Gasteiger partial charge is 0.330 e. The van der Waals surface area contributed by atoms with Crippen LogP contribution in [0.3, 0.4) is 0 Å². The average molecular weight is 241 g/mol. The van der Waals surface area contributed by atoms with Gasteiger partial charge < -0.3 is 9.72 Å². The number of nitrogens with one attached hydrogen (secondary N) is 1. The number of aromatic nitrogens is 1. The van der Waals surface area contributed by atoms with Crippen molar-refractivity contribution in [3.8, 4) is 11.3 Å². The van der Waals surface area contributed by atoms with Crippen molar-refractivity contribution in [2.45, 2.75) is 6.92 Å². The Balaban J connectivity index is 2.09. The molecule has 3 heteroatoms. The SMILES string of the molecule is CCOC(=O)/C=C/c1c[nH]c(-c2ccccc2)c1. The lowest BCUT2D eigenvalue weighted by Gasteiger charge is -1.95. The molecular formula is C15H15NO2. The van der Waals surface area contributed by atoms with E-state index in [1.54, 1.807) is 13.0 Å². The molecule has 2 aromatic rings. The molecule has 0 bridgehead atoms. The van der Waals surface area contributed by atoms with Crippen molar-refractivity contribution in [1.82, 2.24) is 4.98 Å². The Bertz CT molecular complexity index is 541. The minimum atomic E-state index is -0.319. The zero-order valence-electron chi connectivity index (χ0n) is 10.2. The van der Waals surface area contributed by atoms with E-state index in [-0.39, 0.29) is 5.97 Å². The van der Waals surface area contributed by atoms with Gasteiger partial charge in [0.25, 0.3) is 0 Å². The molecular weight excluding hydrogens is 226 g/mol. The third-order valence-corrected chi connectivity index (χ3v) is 2.49. The first-order valence-corrected chi connectivity index (χ1v) is 5.88. The van der Waals surface area contributed by atoms with Crippen molar-refractivity contribution < 1.29 is 9.53 Å². The van der Waals surface area contributed by atoms with E-state index >= 15 is 0 Å². The summed E-state index contributed by atoms with van der Waals surface area (Å²) in [6.45, 7) is 2.18. The first kappa shape index (κ1) is 12.2. The van der Waals surface area contributed by atoms with Crippen molar-refractivity contribution in [1.29, 1.82) is 0 Å². The van der Waals surface area contributed by atoms with Crippen LogP contribution in [0.4, 0.5) is 0 Å². The topological polar surface area (TPSA) is 42.1 Å². The monoisotopic (exact) mass is 241 g/mol. The van der Waals surface area contributed by atoms with Crippen LogP contribution >= 0.6 is 0 Å². The first-order valence-electron chi connectivity index (χ1n) is 5.88. The van der Waals surface area contributed by atoms with Gasteiger partial charge in [0.05, 0.1) is 6.61 Å². The maximum absolute atomic E-state index is 11.2. The molecule has 92 valence electrons. The maximum atomic E-state index is 11.2. The van der Waals surface area contributed by atoms with Crippen molar-refractivity contribution in [3.63, 3.8) is 0 Å². The average Bonchev–Trinajstić information content (AvgIpc) is 2.87. The number of hydrogen-bond acceptors (Lipinski definition) is 2. The molecule has 3 nitrogen and oxygen atoms in total. The first-order chi connectivity index (χ1) is 8.79. The molecule has 0 radical (unpaired) electrons. The zero-order chi connectivity index (χ0) is 12.8. The second kappa shape index (κ2) is 5.87. The van der Waals surface area contributed by atoms with E-state index in [1.165, 1.54) is 6.08 Å². The summed E-state index contributed by atoms with van der Waals surface area (Å²) in [6, 6.07) is 12.0. The normalized spacial score (nSPS) is 10.7. The quantitative estimate of drug-likeness (QED) is 0.659. The lowest BCUT2D eigenvalue weighted by Crippen LogP contribution is -1.98. The Labute approximate surface area is 106 Å². The Hall–Kier alpha value is -2.29. The fraction of sp³-hybridized carbons (Fsp3) is 0.133. The summed E-state index contributed by atoms with van der Waals surface area (Å²) in [5, 5.41) is 0. The Morgan fingerprint density at radius 2 is 2.11 bits per heavy atom. The number of carbonyl (C=O) groups is 1. The number of hydrogen-bond donors (Lipinski definition) is 1. The van der Waals surface area contributed by atoms with E-state index in [9.17, 15) is 4.79 Å². The van der Waals surface area contributed by atoms with Crippen LogP contribution in [0.25, 0.3) is 17.3 Å². The van der Waals surface area contributed by atoms with Gasteiger partial charge in [0, 0.05) is 18.0 Å². The van der Waals surface area contributed by atoms with Crippen LogP contribution in [-0.4, -0.2) is 17.6 Å². The highest BCUT2D eigenvalue weighted by Gasteiger charge is 2.00. The minimum Gasteiger partial charge on any atom is -0.463 e. The van der Waals surface area contributed by atoms with Crippen LogP contribution in [-0.2, 0) is 9.53 Å². The van der Waals surface area contributed by atoms with Crippen molar-refractivity contribution in [3.05, 3.63) is 54.2 Å². The van der Waals surface area contributed by atoms with Gasteiger partial charge in [0.15, 0.2) is 0 Å². The van der Waals surface area contributed by atoms with E-state index in [0.29, 0.717) is 6.61 Å². The van der Waals surface area contributed by atoms with Gasteiger partial charge in [-0.1, -0.05) is 30.3 Å². The van der Waals surface area contributed by atoms with Crippen LogP contribution in [0.1, 0.15) is 12.5 Å². The molecule has 1 aromatic carbocycles. The molecule has 1 aromatic heterocycles. The predicted molar refractivity (Wildman–Crippen MR) is 71.9 cm³/mol. The number of esters is 1. The summed E-state index contributed by atoms with van der Waals surface area (Å²) in [4.78, 5) is 14.3. The fourth-order valence-electron chi connectivity index (χ4n) is 1.65. The number of benzene rings is 1. The van der Waals surface area contributed by atoms with Crippen LogP contribution < -0.4 is 0 Å². The third-order valence-electron chi connectivity index (χ3n) is 2.49. The van der Waals surface area contributed by atoms with E-state index in [1.807, 2.05) is 42.6 Å². The summed E-state index contributed by atoms with van der Waals surface area (Å²) in [5.41, 5.74) is 3.09. The molecule has 2 rings (SSSR count). The largest absolute Gasteiger partial charge is 0.463 e. The molecule has 0 aliphatic carbocycles. The summed E-state index contributed by atoms with van der Waals surface area (Å²) in [5.74, 6) is -0.319. The van der Waals surface area contributed by atoms with Gasteiger partial charge in [0.2, 0.25) is 0 Å². The Kier molecular flexibility index (Phi) is 3.97. The zero-order valence-corrected chi connectivity index (χ0v) is 10.2. The van der Waals surface area contributed by atoms with Gasteiger partial charge in [-0.3, -0.25) is 0 Å². The molecule has 0 unspecified atom stereocenters. The number of H-pyrrole nitrogens is 1. The fourth-order valence-corrected chi connectivity index (χ4v) is 1.65. The Morgan fingerprint density at radius 3 is 2.83 bits per heavy atom. The predicted octanol–water partition coefficient (Wildman–Crippen LogP) is 3.26. The van der Waals surface area contributed by atoms with Crippen LogP contribution in [0.2, 0.25) is 0 Å². The third kappa shape index (κ3) is 3.10. The molecule has 0 aliphatic rings. The number of ether oxygens (including phenoxy) is 1. The van der Waals surface area contributed by atoms with Crippen LogP contribution in [0.15, 0.2) is 48.7 Å². The standard InChI is InChI=1S/C15H15NO2/c1-2-18-15(17)9-8-12-10-14(16-11-12)13-6-4-3-5-7-13/h3-11,16H,2H2,1H3/b9-8+. The molecule has 0 aliphatic heterocycles. The van der Waals surface area contributed by atoms with Crippen molar-refractivity contribution >= 4 is 12.0 Å². The molecule has 1 heterocycles. The van der Waals surface area contributed by atoms with Crippen molar-refractivity contribution in [2.75, 3.05) is 6.61 Å². The highest BCUT2D eigenvalue weighted by Crippen LogP contribution is 2.19. The van der Waals surface area contributed by atoms with Crippen molar-refractivity contribution in [2.24, 2.45) is 0 Å². The highest BCUT2D eigenvalue weighted by atomic mass is 16.5. The summed E-state index contributed by atoms with van der Waals surface area (Å²) < 4.78 is 4.82. The van der Waals surface area contributed by atoms with Gasteiger partial charge in [-0.2, -0.15) is 0 Å². The number of rotatable bonds is 4. The van der Waals surface area contributed by atoms with Crippen LogP contribution in [0, 0.1) is 0 Å².